The van der Waals surface area contributed by atoms with Crippen LogP contribution in [0.4, 0.5) is 5.82 Å². The Kier molecular flexibility index (Phi) is 6.13. The van der Waals surface area contributed by atoms with Crippen LogP contribution in [0.1, 0.15) is 18.2 Å². The third-order valence-electron chi connectivity index (χ3n) is 3.79. The van der Waals surface area contributed by atoms with E-state index in [1.54, 1.807) is 10.9 Å². The van der Waals surface area contributed by atoms with E-state index in [1.807, 2.05) is 48.1 Å². The van der Waals surface area contributed by atoms with E-state index in [9.17, 15) is 0 Å². The van der Waals surface area contributed by atoms with Crippen LogP contribution in [0.25, 0.3) is 0 Å². The maximum atomic E-state index is 6.19. The van der Waals surface area contributed by atoms with Gasteiger partial charge in [-0.15, -0.1) is 0 Å². The average Bonchev–Trinajstić information content (AvgIpc) is 3.21. The summed E-state index contributed by atoms with van der Waals surface area (Å²) in [6, 6.07) is 9.56. The monoisotopic (exact) mass is 408 g/mol. The van der Waals surface area contributed by atoms with Crippen LogP contribution in [0.3, 0.4) is 0 Å². The number of nitrogens with zero attached hydrogens (tertiary/aromatic N) is 4. The predicted octanol–water partition coefficient (Wildman–Crippen LogP) is 3.94. The number of hydrogen-bond donors (Lipinski definition) is 2. The van der Waals surface area contributed by atoms with E-state index in [1.165, 1.54) is 0 Å². The van der Waals surface area contributed by atoms with Crippen molar-refractivity contribution in [3.63, 3.8) is 0 Å². The Balaban J connectivity index is 1.56. The fraction of sp³-hybridized carbons (Fsp3) is 0.235. The number of thiocarbonyl (C=S) groups is 1. The zero-order valence-corrected chi connectivity index (χ0v) is 16.4. The largest absolute Gasteiger partial charge is 0.357 e. The number of nitrogens with one attached hydrogen (secondary N) is 2. The summed E-state index contributed by atoms with van der Waals surface area (Å²) >= 11 is 17.7. The summed E-state index contributed by atoms with van der Waals surface area (Å²) in [5, 5.41) is 16.7. The molecule has 0 radical (unpaired) electrons. The molecule has 0 spiro atoms. The normalized spacial score (nSPS) is 10.7. The SMILES string of the molecule is CCn1ncc(Cl)c1CNC(=S)Nc1ccn(Cc2ccccc2Cl)n1. The van der Waals surface area contributed by atoms with Gasteiger partial charge in [0.1, 0.15) is 0 Å². The van der Waals surface area contributed by atoms with Gasteiger partial charge in [-0.2, -0.15) is 10.2 Å². The smallest absolute Gasteiger partial charge is 0.172 e. The molecule has 2 aromatic heterocycles. The maximum Gasteiger partial charge on any atom is 0.172 e. The minimum absolute atomic E-state index is 0.466. The van der Waals surface area contributed by atoms with Crippen LogP contribution in [0.2, 0.25) is 10.0 Å². The van der Waals surface area contributed by atoms with Gasteiger partial charge in [0.05, 0.1) is 30.0 Å². The summed E-state index contributed by atoms with van der Waals surface area (Å²) < 4.78 is 3.63. The second-order valence-corrected chi connectivity index (χ2v) is 6.78. The molecule has 0 bridgehead atoms. The van der Waals surface area contributed by atoms with Crippen molar-refractivity contribution in [2.75, 3.05) is 5.32 Å². The van der Waals surface area contributed by atoms with Crippen molar-refractivity contribution in [1.29, 1.82) is 0 Å². The first-order valence-electron chi connectivity index (χ1n) is 8.08. The van der Waals surface area contributed by atoms with Gasteiger partial charge in [0.25, 0.3) is 0 Å². The van der Waals surface area contributed by atoms with Crippen LogP contribution >= 0.6 is 35.4 Å². The van der Waals surface area contributed by atoms with Gasteiger partial charge in [0.2, 0.25) is 0 Å². The molecule has 9 heteroatoms. The predicted molar refractivity (Wildman–Crippen MR) is 109 cm³/mol. The van der Waals surface area contributed by atoms with Crippen molar-refractivity contribution in [3.05, 3.63) is 64.0 Å². The Hall–Kier alpha value is -2.09. The Labute approximate surface area is 167 Å². The molecular formula is C17H18Cl2N6S. The lowest BCUT2D eigenvalue weighted by Crippen LogP contribution is -2.29. The van der Waals surface area contributed by atoms with Crippen LogP contribution in [-0.2, 0) is 19.6 Å². The maximum absolute atomic E-state index is 6.19. The molecule has 2 N–H and O–H groups in total. The van der Waals surface area contributed by atoms with E-state index < -0.39 is 0 Å². The summed E-state index contributed by atoms with van der Waals surface area (Å²) in [5.74, 6) is 0.657. The molecule has 26 heavy (non-hydrogen) atoms. The summed E-state index contributed by atoms with van der Waals surface area (Å²) in [6.07, 6.45) is 3.51. The molecule has 0 aliphatic heterocycles. The second-order valence-electron chi connectivity index (χ2n) is 5.55. The van der Waals surface area contributed by atoms with Crippen LogP contribution in [0.5, 0.6) is 0 Å². The first-order valence-corrected chi connectivity index (χ1v) is 9.25. The third-order valence-corrected chi connectivity index (χ3v) is 4.72. The van der Waals surface area contributed by atoms with Crippen molar-refractivity contribution < 1.29 is 0 Å². The van der Waals surface area contributed by atoms with Gasteiger partial charge < -0.3 is 10.6 Å². The van der Waals surface area contributed by atoms with Gasteiger partial charge in [0, 0.05) is 23.8 Å². The van der Waals surface area contributed by atoms with Gasteiger partial charge in [-0.1, -0.05) is 41.4 Å². The standard InChI is InChI=1S/C17H18Cl2N6S/c1-2-25-15(14(19)9-21-25)10-20-17(26)22-16-7-8-24(23-16)11-12-5-3-4-6-13(12)18/h3-9H,2,10-11H2,1H3,(H2,20,22,23,26). The van der Waals surface area contributed by atoms with Crippen molar-refractivity contribution in [1.82, 2.24) is 24.9 Å². The van der Waals surface area contributed by atoms with E-state index in [2.05, 4.69) is 20.8 Å². The number of aromatic nitrogens is 4. The fourth-order valence-corrected chi connectivity index (χ4v) is 3.06. The van der Waals surface area contributed by atoms with Crippen molar-refractivity contribution in [3.8, 4) is 0 Å². The molecule has 2 heterocycles. The van der Waals surface area contributed by atoms with E-state index in [0.29, 0.717) is 29.0 Å². The zero-order chi connectivity index (χ0) is 18.5. The van der Waals surface area contributed by atoms with Gasteiger partial charge in [-0.3, -0.25) is 9.36 Å². The Morgan fingerprint density at radius 1 is 1.19 bits per heavy atom. The van der Waals surface area contributed by atoms with Crippen LogP contribution < -0.4 is 10.6 Å². The first-order chi connectivity index (χ1) is 12.6. The number of rotatable bonds is 6. The highest BCUT2D eigenvalue weighted by atomic mass is 35.5. The molecule has 0 aliphatic carbocycles. The molecule has 3 aromatic rings. The van der Waals surface area contributed by atoms with E-state index >= 15 is 0 Å². The highest BCUT2D eigenvalue weighted by Crippen LogP contribution is 2.17. The van der Waals surface area contributed by atoms with Crippen molar-refractivity contribution in [2.45, 2.75) is 26.6 Å². The minimum atomic E-state index is 0.466. The molecule has 136 valence electrons. The number of anilines is 1. The fourth-order valence-electron chi connectivity index (χ4n) is 2.48. The average molecular weight is 409 g/mol. The number of hydrogen-bond acceptors (Lipinski definition) is 3. The van der Waals surface area contributed by atoms with E-state index in [-0.39, 0.29) is 0 Å². The molecule has 0 atom stereocenters. The molecule has 0 unspecified atom stereocenters. The van der Waals surface area contributed by atoms with Crippen LogP contribution in [0, 0.1) is 0 Å². The molecular weight excluding hydrogens is 391 g/mol. The molecule has 0 saturated carbocycles. The van der Waals surface area contributed by atoms with E-state index in [0.717, 1.165) is 22.8 Å². The number of benzene rings is 1. The number of halogens is 2. The molecule has 6 nitrogen and oxygen atoms in total. The van der Waals surface area contributed by atoms with Crippen LogP contribution in [0.15, 0.2) is 42.7 Å². The lowest BCUT2D eigenvalue weighted by molar-refractivity contribution is 0.614. The highest BCUT2D eigenvalue weighted by molar-refractivity contribution is 7.80. The minimum Gasteiger partial charge on any atom is -0.357 e. The summed E-state index contributed by atoms with van der Waals surface area (Å²) in [7, 11) is 0. The van der Waals surface area contributed by atoms with Crippen molar-refractivity contribution >= 4 is 46.4 Å². The Morgan fingerprint density at radius 2 is 2.00 bits per heavy atom. The summed E-state index contributed by atoms with van der Waals surface area (Å²) in [5.41, 5.74) is 1.90. The molecule has 0 amide bonds. The first kappa shape index (κ1) is 18.7. The zero-order valence-electron chi connectivity index (χ0n) is 14.1. The lowest BCUT2D eigenvalue weighted by Gasteiger charge is -2.10. The third kappa shape index (κ3) is 4.55. The topological polar surface area (TPSA) is 59.7 Å². The van der Waals surface area contributed by atoms with Crippen LogP contribution in [-0.4, -0.2) is 24.7 Å². The van der Waals surface area contributed by atoms with E-state index in [4.69, 9.17) is 35.4 Å². The quantitative estimate of drug-likeness (QED) is 0.604. The van der Waals surface area contributed by atoms with Gasteiger partial charge in [-0.05, 0) is 30.8 Å². The lowest BCUT2D eigenvalue weighted by atomic mass is 10.2. The Bertz CT molecular complexity index is 904. The summed E-state index contributed by atoms with van der Waals surface area (Å²) in [4.78, 5) is 0. The summed E-state index contributed by atoms with van der Waals surface area (Å²) in [6.45, 7) is 3.83. The molecule has 0 fully saturated rings. The highest BCUT2D eigenvalue weighted by Gasteiger charge is 2.09. The molecule has 1 aromatic carbocycles. The van der Waals surface area contributed by atoms with Gasteiger partial charge in [-0.25, -0.2) is 0 Å². The second kappa shape index (κ2) is 8.53. The van der Waals surface area contributed by atoms with Gasteiger partial charge >= 0.3 is 0 Å². The van der Waals surface area contributed by atoms with Gasteiger partial charge in [0.15, 0.2) is 10.9 Å². The number of aryl methyl sites for hydroxylation is 1. The molecule has 3 rings (SSSR count). The molecule has 0 aliphatic rings. The van der Waals surface area contributed by atoms with Crippen molar-refractivity contribution in [2.24, 2.45) is 0 Å². The Morgan fingerprint density at radius 3 is 2.77 bits per heavy atom. The molecule has 0 saturated heterocycles.